The van der Waals surface area contributed by atoms with Crippen LogP contribution in [0.2, 0.25) is 0 Å². The number of unbranched alkanes of at least 4 members (excludes halogenated alkanes) is 2. The highest BCUT2D eigenvalue weighted by Crippen LogP contribution is 2.35. The fourth-order valence-electron chi connectivity index (χ4n) is 2.71. The van der Waals surface area contributed by atoms with E-state index in [0.717, 1.165) is 0 Å². The van der Waals surface area contributed by atoms with Crippen LogP contribution in [0.4, 0.5) is 0 Å². The van der Waals surface area contributed by atoms with E-state index in [0.29, 0.717) is 5.41 Å². The zero-order chi connectivity index (χ0) is 9.15. The van der Waals surface area contributed by atoms with E-state index in [9.17, 15) is 0 Å². The van der Waals surface area contributed by atoms with E-state index in [-0.39, 0.29) is 0 Å². The van der Waals surface area contributed by atoms with Gasteiger partial charge in [-0.25, -0.2) is 0 Å². The van der Waals surface area contributed by atoms with E-state index >= 15 is 0 Å². The Kier molecular flexibility index (Phi) is 2.89. The van der Waals surface area contributed by atoms with Crippen LogP contribution >= 0.6 is 0 Å². The van der Waals surface area contributed by atoms with Crippen LogP contribution in [0.5, 0.6) is 0 Å². The summed E-state index contributed by atoms with van der Waals surface area (Å²) in [5, 5.41) is 3.48. The monoisotopic (exact) mass is 182 g/mol. The van der Waals surface area contributed by atoms with Crippen LogP contribution in [0.25, 0.3) is 0 Å². The van der Waals surface area contributed by atoms with Gasteiger partial charge in [0.15, 0.2) is 0 Å². The largest absolute Gasteiger partial charge is 0.316 e. The highest BCUT2D eigenvalue weighted by atomic mass is 15.2. The van der Waals surface area contributed by atoms with Crippen molar-refractivity contribution in [3.63, 3.8) is 0 Å². The Bertz CT molecular complexity index is 153. The van der Waals surface area contributed by atoms with E-state index in [1.165, 1.54) is 58.4 Å². The third-order valence-corrected chi connectivity index (χ3v) is 3.53. The predicted octanol–water partition coefficient (Wildman–Crippen LogP) is 1.47. The van der Waals surface area contributed by atoms with Crippen molar-refractivity contribution in [3.8, 4) is 0 Å². The second kappa shape index (κ2) is 3.97. The second-order valence-corrected chi connectivity index (χ2v) is 4.84. The second-order valence-electron chi connectivity index (χ2n) is 4.84. The van der Waals surface area contributed by atoms with Crippen molar-refractivity contribution in [2.75, 3.05) is 32.7 Å². The summed E-state index contributed by atoms with van der Waals surface area (Å²) in [5.41, 5.74) is 0.701. The number of hydrogen-bond acceptors (Lipinski definition) is 2. The Morgan fingerprint density at radius 1 is 1.31 bits per heavy atom. The molecule has 2 aliphatic rings. The Hall–Kier alpha value is -0.0800. The van der Waals surface area contributed by atoms with Crippen LogP contribution in [-0.2, 0) is 0 Å². The Morgan fingerprint density at radius 3 is 2.77 bits per heavy atom. The van der Waals surface area contributed by atoms with Crippen LogP contribution in [0.15, 0.2) is 0 Å². The van der Waals surface area contributed by atoms with E-state index < -0.39 is 0 Å². The molecule has 0 aromatic rings. The van der Waals surface area contributed by atoms with Gasteiger partial charge >= 0.3 is 0 Å². The molecule has 0 aromatic carbocycles. The van der Waals surface area contributed by atoms with E-state index in [1.54, 1.807) is 0 Å². The fourth-order valence-corrected chi connectivity index (χ4v) is 2.71. The molecule has 2 heteroatoms. The number of nitrogens with one attached hydrogen (secondary N) is 1. The van der Waals surface area contributed by atoms with Gasteiger partial charge in [0.2, 0.25) is 0 Å². The molecule has 76 valence electrons. The number of rotatable bonds is 4. The van der Waals surface area contributed by atoms with Crippen molar-refractivity contribution in [1.82, 2.24) is 10.2 Å². The summed E-state index contributed by atoms with van der Waals surface area (Å²) in [5.74, 6) is 0. The van der Waals surface area contributed by atoms with Gasteiger partial charge < -0.3 is 10.2 Å². The molecule has 2 rings (SSSR count). The molecular weight excluding hydrogens is 160 g/mol. The van der Waals surface area contributed by atoms with Gasteiger partial charge in [-0.3, -0.25) is 0 Å². The minimum Gasteiger partial charge on any atom is -0.316 e. The van der Waals surface area contributed by atoms with Gasteiger partial charge in [-0.2, -0.15) is 0 Å². The summed E-state index contributed by atoms with van der Waals surface area (Å²) >= 11 is 0. The standard InChI is InChI=1S/C11H22N2/c1-2-3-4-7-13-9-11(10-13)5-6-12-8-11/h12H,2-10H2,1H3. The first-order valence-corrected chi connectivity index (χ1v) is 5.78. The van der Waals surface area contributed by atoms with Crippen molar-refractivity contribution in [2.24, 2.45) is 5.41 Å². The lowest BCUT2D eigenvalue weighted by molar-refractivity contribution is 0.0160. The quantitative estimate of drug-likeness (QED) is 0.662. The SMILES string of the molecule is CCCCCN1CC2(CCNC2)C1. The Morgan fingerprint density at radius 2 is 2.15 bits per heavy atom. The molecule has 0 amide bonds. The summed E-state index contributed by atoms with van der Waals surface area (Å²) < 4.78 is 0. The van der Waals surface area contributed by atoms with Crippen LogP contribution < -0.4 is 5.32 Å². The maximum Gasteiger partial charge on any atom is 0.00943 e. The lowest BCUT2D eigenvalue weighted by Gasteiger charge is -2.48. The van der Waals surface area contributed by atoms with Crippen molar-refractivity contribution in [1.29, 1.82) is 0 Å². The van der Waals surface area contributed by atoms with Gasteiger partial charge in [-0.15, -0.1) is 0 Å². The van der Waals surface area contributed by atoms with Crippen LogP contribution in [0.3, 0.4) is 0 Å². The molecule has 0 aromatic heterocycles. The third-order valence-electron chi connectivity index (χ3n) is 3.53. The molecule has 2 nitrogen and oxygen atoms in total. The molecule has 0 unspecified atom stereocenters. The van der Waals surface area contributed by atoms with Gasteiger partial charge in [-0.1, -0.05) is 19.8 Å². The molecule has 0 bridgehead atoms. The average molecular weight is 182 g/mol. The van der Waals surface area contributed by atoms with Gasteiger partial charge in [0.05, 0.1) is 0 Å². The zero-order valence-corrected chi connectivity index (χ0v) is 8.81. The number of hydrogen-bond donors (Lipinski definition) is 1. The molecular formula is C11H22N2. The molecule has 0 radical (unpaired) electrons. The zero-order valence-electron chi connectivity index (χ0n) is 8.81. The highest BCUT2D eigenvalue weighted by molar-refractivity contribution is 4.99. The van der Waals surface area contributed by atoms with Gasteiger partial charge in [0.1, 0.15) is 0 Å². The molecule has 1 spiro atoms. The molecule has 2 aliphatic heterocycles. The maximum atomic E-state index is 3.48. The number of nitrogens with zero attached hydrogens (tertiary/aromatic N) is 1. The fraction of sp³-hybridized carbons (Fsp3) is 1.00. The highest BCUT2D eigenvalue weighted by Gasteiger charge is 2.44. The first-order chi connectivity index (χ1) is 6.35. The minimum absolute atomic E-state index is 0.701. The normalized spacial score (nSPS) is 26.5. The van der Waals surface area contributed by atoms with Crippen molar-refractivity contribution in [2.45, 2.75) is 32.6 Å². The molecule has 0 atom stereocenters. The summed E-state index contributed by atoms with van der Waals surface area (Å²) in [6, 6.07) is 0. The third kappa shape index (κ3) is 2.05. The molecule has 0 aliphatic carbocycles. The first-order valence-electron chi connectivity index (χ1n) is 5.78. The molecule has 2 saturated heterocycles. The number of likely N-dealkylation sites (tertiary alicyclic amines) is 1. The minimum atomic E-state index is 0.701. The average Bonchev–Trinajstić information content (AvgIpc) is 2.52. The van der Waals surface area contributed by atoms with Crippen molar-refractivity contribution < 1.29 is 0 Å². The van der Waals surface area contributed by atoms with Gasteiger partial charge in [0, 0.05) is 25.0 Å². The Labute approximate surface area is 81.7 Å². The molecule has 1 N–H and O–H groups in total. The van der Waals surface area contributed by atoms with Crippen molar-refractivity contribution in [3.05, 3.63) is 0 Å². The molecule has 2 fully saturated rings. The summed E-state index contributed by atoms with van der Waals surface area (Å²) in [6.07, 6.45) is 5.57. The molecule has 2 heterocycles. The van der Waals surface area contributed by atoms with Crippen LogP contribution in [0, 0.1) is 5.41 Å². The van der Waals surface area contributed by atoms with Crippen LogP contribution in [-0.4, -0.2) is 37.6 Å². The predicted molar refractivity (Wildman–Crippen MR) is 55.9 cm³/mol. The Balaban J connectivity index is 1.61. The molecule has 13 heavy (non-hydrogen) atoms. The van der Waals surface area contributed by atoms with Gasteiger partial charge in [-0.05, 0) is 25.9 Å². The lowest BCUT2D eigenvalue weighted by Crippen LogP contribution is -2.57. The summed E-state index contributed by atoms with van der Waals surface area (Å²) in [7, 11) is 0. The van der Waals surface area contributed by atoms with E-state index in [2.05, 4.69) is 17.1 Å². The summed E-state index contributed by atoms with van der Waals surface area (Å²) in [6.45, 7) is 8.88. The maximum absolute atomic E-state index is 3.48. The summed E-state index contributed by atoms with van der Waals surface area (Å²) in [4.78, 5) is 2.63. The smallest absolute Gasteiger partial charge is 0.00943 e. The topological polar surface area (TPSA) is 15.3 Å². The molecule has 0 saturated carbocycles. The van der Waals surface area contributed by atoms with E-state index in [1.807, 2.05) is 0 Å². The van der Waals surface area contributed by atoms with E-state index in [4.69, 9.17) is 0 Å². The first kappa shape index (κ1) is 9.47. The van der Waals surface area contributed by atoms with Crippen LogP contribution in [0.1, 0.15) is 32.6 Å². The van der Waals surface area contributed by atoms with Crippen molar-refractivity contribution >= 4 is 0 Å². The lowest BCUT2D eigenvalue weighted by atomic mass is 9.79. The van der Waals surface area contributed by atoms with Gasteiger partial charge in [0.25, 0.3) is 0 Å².